The summed E-state index contributed by atoms with van der Waals surface area (Å²) in [5.41, 5.74) is 0.525. The first-order chi connectivity index (χ1) is 13.6. The van der Waals surface area contributed by atoms with Crippen molar-refractivity contribution in [2.24, 2.45) is 10.4 Å². The molecule has 1 aliphatic rings. The predicted molar refractivity (Wildman–Crippen MR) is 108 cm³/mol. The maximum atomic E-state index is 10.7. The van der Waals surface area contributed by atoms with E-state index in [4.69, 9.17) is 14.2 Å². The second-order valence-electron chi connectivity index (χ2n) is 6.98. The molecule has 2 unspecified atom stereocenters. The minimum atomic E-state index is -0.796. The highest BCUT2D eigenvalue weighted by Crippen LogP contribution is 2.32. The van der Waals surface area contributed by atoms with Gasteiger partial charge in [-0.05, 0) is 38.0 Å². The van der Waals surface area contributed by atoms with Crippen LogP contribution >= 0.6 is 0 Å². The maximum absolute atomic E-state index is 10.7. The fraction of sp³-hybridized carbons (Fsp3) is 0.650. The molecule has 8 nitrogen and oxygen atoms in total. The van der Waals surface area contributed by atoms with Gasteiger partial charge in [-0.3, -0.25) is 4.99 Å². The summed E-state index contributed by atoms with van der Waals surface area (Å²) in [6.45, 7) is 4.94. The van der Waals surface area contributed by atoms with Gasteiger partial charge >= 0.3 is 0 Å². The zero-order valence-corrected chi connectivity index (χ0v) is 17.0. The molecule has 158 valence electrons. The number of ether oxygens (including phenoxy) is 3. The Labute approximate surface area is 166 Å². The minimum absolute atomic E-state index is 0.119. The van der Waals surface area contributed by atoms with Crippen LogP contribution in [0.15, 0.2) is 23.2 Å². The van der Waals surface area contributed by atoms with Gasteiger partial charge in [0, 0.05) is 37.3 Å². The lowest BCUT2D eigenvalue weighted by atomic mass is 9.84. The van der Waals surface area contributed by atoms with E-state index < -0.39 is 6.10 Å². The van der Waals surface area contributed by atoms with Crippen LogP contribution in [0.3, 0.4) is 0 Å². The highest BCUT2D eigenvalue weighted by Gasteiger charge is 2.34. The number of guanidine groups is 1. The van der Waals surface area contributed by atoms with Gasteiger partial charge in [-0.1, -0.05) is 0 Å². The third-order valence-corrected chi connectivity index (χ3v) is 5.00. The van der Waals surface area contributed by atoms with Gasteiger partial charge in [0.05, 0.1) is 33.5 Å². The number of aliphatic hydroxyl groups is 2. The summed E-state index contributed by atoms with van der Waals surface area (Å²) < 4.78 is 16.1. The minimum Gasteiger partial charge on any atom is -0.497 e. The molecular weight excluding hydrogens is 362 g/mol. The van der Waals surface area contributed by atoms with Crippen molar-refractivity contribution in [1.82, 2.24) is 10.6 Å². The Kier molecular flexibility index (Phi) is 8.82. The normalized spacial score (nSPS) is 20.7. The molecule has 1 aromatic rings. The van der Waals surface area contributed by atoms with Gasteiger partial charge in [-0.25, -0.2) is 0 Å². The molecule has 1 saturated heterocycles. The second-order valence-corrected chi connectivity index (χ2v) is 6.98. The van der Waals surface area contributed by atoms with E-state index in [0.29, 0.717) is 55.7 Å². The molecule has 0 amide bonds. The first kappa shape index (κ1) is 22.3. The first-order valence-corrected chi connectivity index (χ1v) is 9.68. The third-order valence-electron chi connectivity index (χ3n) is 5.00. The topological polar surface area (TPSA) is 105 Å². The highest BCUT2D eigenvalue weighted by atomic mass is 16.5. The van der Waals surface area contributed by atoms with Gasteiger partial charge in [-0.15, -0.1) is 0 Å². The van der Waals surface area contributed by atoms with Crippen LogP contribution in [-0.4, -0.2) is 69.8 Å². The Morgan fingerprint density at radius 2 is 2.14 bits per heavy atom. The lowest BCUT2D eigenvalue weighted by Gasteiger charge is -2.25. The number of rotatable bonds is 10. The Bertz CT molecular complexity index is 632. The van der Waals surface area contributed by atoms with Crippen LogP contribution in [0.4, 0.5) is 0 Å². The average Bonchev–Trinajstić information content (AvgIpc) is 3.18. The fourth-order valence-corrected chi connectivity index (χ4v) is 3.28. The average molecular weight is 396 g/mol. The van der Waals surface area contributed by atoms with Gasteiger partial charge in [0.15, 0.2) is 5.96 Å². The number of aliphatic hydroxyl groups excluding tert-OH is 2. The number of hydrogen-bond donors (Lipinski definition) is 4. The van der Waals surface area contributed by atoms with E-state index in [1.54, 1.807) is 32.4 Å². The van der Waals surface area contributed by atoms with Crippen LogP contribution in [0.2, 0.25) is 0 Å². The summed E-state index contributed by atoms with van der Waals surface area (Å²) in [6.07, 6.45) is 0.759. The molecule has 1 heterocycles. The number of hydrogen-bond acceptors (Lipinski definition) is 6. The van der Waals surface area contributed by atoms with Crippen LogP contribution in [-0.2, 0) is 4.74 Å². The summed E-state index contributed by atoms with van der Waals surface area (Å²) in [4.78, 5) is 4.66. The lowest BCUT2D eigenvalue weighted by molar-refractivity contribution is 0.131. The van der Waals surface area contributed by atoms with E-state index in [2.05, 4.69) is 15.6 Å². The lowest BCUT2D eigenvalue weighted by Crippen LogP contribution is -2.40. The van der Waals surface area contributed by atoms with Crippen LogP contribution in [0.25, 0.3) is 0 Å². The molecule has 0 bridgehead atoms. The molecule has 1 aromatic carbocycles. The number of aliphatic imine (C=N–C) groups is 1. The van der Waals surface area contributed by atoms with E-state index in [1.165, 1.54) is 0 Å². The molecule has 2 rings (SSSR count). The van der Waals surface area contributed by atoms with Crippen LogP contribution in [0.1, 0.15) is 31.4 Å². The SMILES string of the molecule is CCNC(=NCC1(CCO)CCOC1)NCC(O)c1cc(OC)ccc1OC. The Morgan fingerprint density at radius 3 is 2.75 bits per heavy atom. The number of methoxy groups -OCH3 is 2. The molecule has 2 atom stereocenters. The summed E-state index contributed by atoms with van der Waals surface area (Å²) in [6, 6.07) is 5.33. The molecule has 0 radical (unpaired) electrons. The quantitative estimate of drug-likeness (QED) is 0.347. The molecular formula is C20H33N3O5. The van der Waals surface area contributed by atoms with Crippen LogP contribution in [0.5, 0.6) is 11.5 Å². The molecule has 0 spiro atoms. The van der Waals surface area contributed by atoms with E-state index in [-0.39, 0.29) is 18.6 Å². The van der Waals surface area contributed by atoms with Crippen molar-refractivity contribution >= 4 is 5.96 Å². The van der Waals surface area contributed by atoms with E-state index >= 15 is 0 Å². The Morgan fingerprint density at radius 1 is 1.32 bits per heavy atom. The fourth-order valence-electron chi connectivity index (χ4n) is 3.28. The van der Waals surface area contributed by atoms with Crippen LogP contribution < -0.4 is 20.1 Å². The summed E-state index contributed by atoms with van der Waals surface area (Å²) in [5, 5.41) is 26.4. The molecule has 0 saturated carbocycles. The predicted octanol–water partition coefficient (Wildman–Crippen LogP) is 1.08. The Balaban J connectivity index is 2.04. The zero-order valence-electron chi connectivity index (χ0n) is 17.0. The molecule has 8 heteroatoms. The van der Waals surface area contributed by atoms with Gasteiger partial charge in [-0.2, -0.15) is 0 Å². The van der Waals surface area contributed by atoms with Crippen molar-refractivity contribution in [2.45, 2.75) is 25.9 Å². The summed E-state index contributed by atoms with van der Waals surface area (Å²) in [7, 11) is 3.16. The van der Waals surface area contributed by atoms with Crippen molar-refractivity contribution in [2.75, 3.05) is 53.7 Å². The van der Waals surface area contributed by atoms with Crippen LogP contribution in [0, 0.1) is 5.41 Å². The number of nitrogens with zero attached hydrogens (tertiary/aromatic N) is 1. The third kappa shape index (κ3) is 5.98. The summed E-state index contributed by atoms with van der Waals surface area (Å²) in [5.74, 6) is 1.87. The van der Waals surface area contributed by atoms with Crippen molar-refractivity contribution in [3.8, 4) is 11.5 Å². The Hall–Kier alpha value is -2.03. The van der Waals surface area contributed by atoms with Crippen molar-refractivity contribution < 1.29 is 24.4 Å². The van der Waals surface area contributed by atoms with Crippen molar-refractivity contribution in [3.05, 3.63) is 23.8 Å². The van der Waals surface area contributed by atoms with E-state index in [9.17, 15) is 10.2 Å². The molecule has 28 heavy (non-hydrogen) atoms. The van der Waals surface area contributed by atoms with Gasteiger partial charge in [0.1, 0.15) is 11.5 Å². The first-order valence-electron chi connectivity index (χ1n) is 9.68. The van der Waals surface area contributed by atoms with Crippen molar-refractivity contribution in [3.63, 3.8) is 0 Å². The molecule has 0 aromatic heterocycles. The smallest absolute Gasteiger partial charge is 0.191 e. The summed E-state index contributed by atoms with van der Waals surface area (Å²) >= 11 is 0. The zero-order chi connectivity index (χ0) is 20.4. The second kappa shape index (κ2) is 11.1. The maximum Gasteiger partial charge on any atom is 0.191 e. The van der Waals surface area contributed by atoms with Crippen molar-refractivity contribution in [1.29, 1.82) is 0 Å². The number of nitrogens with one attached hydrogen (secondary N) is 2. The van der Waals surface area contributed by atoms with Gasteiger partial charge in [0.2, 0.25) is 0 Å². The largest absolute Gasteiger partial charge is 0.497 e. The molecule has 1 aliphatic heterocycles. The standard InChI is InChI=1S/C20H33N3O5/c1-4-21-19(23-13-20(7-9-24)8-10-28-14-20)22-12-17(25)16-11-15(26-2)5-6-18(16)27-3/h5-6,11,17,24-25H,4,7-10,12-14H2,1-3H3,(H2,21,22,23). The van der Waals surface area contributed by atoms with E-state index in [0.717, 1.165) is 6.42 Å². The highest BCUT2D eigenvalue weighted by molar-refractivity contribution is 5.79. The number of benzene rings is 1. The molecule has 1 fully saturated rings. The molecule has 0 aliphatic carbocycles. The van der Waals surface area contributed by atoms with Gasteiger partial charge in [0.25, 0.3) is 0 Å². The van der Waals surface area contributed by atoms with E-state index in [1.807, 2.05) is 6.92 Å². The molecule has 4 N–H and O–H groups in total. The van der Waals surface area contributed by atoms with Gasteiger partial charge < -0.3 is 35.1 Å². The monoisotopic (exact) mass is 395 g/mol.